The second kappa shape index (κ2) is 20.1. The molecule has 31 heavy (non-hydrogen) atoms. The van der Waals surface area contributed by atoms with Crippen LogP contribution in [0.2, 0.25) is 0 Å². The van der Waals surface area contributed by atoms with Crippen molar-refractivity contribution in [3.63, 3.8) is 0 Å². The molecule has 0 bridgehead atoms. The van der Waals surface area contributed by atoms with Gasteiger partial charge in [0.2, 0.25) is 0 Å². The zero-order valence-electron chi connectivity index (χ0n) is 21.3. The average molecular weight is 439 g/mol. The van der Waals surface area contributed by atoms with E-state index in [-0.39, 0.29) is 5.97 Å². The van der Waals surface area contributed by atoms with Crippen LogP contribution in [0.3, 0.4) is 0 Å². The van der Waals surface area contributed by atoms with Crippen LogP contribution in [0, 0.1) is 5.92 Å². The summed E-state index contributed by atoms with van der Waals surface area (Å²) in [4.78, 5) is 12.0. The fourth-order valence-corrected chi connectivity index (χ4v) is 4.64. The van der Waals surface area contributed by atoms with Crippen molar-refractivity contribution in [2.75, 3.05) is 6.61 Å². The topological polar surface area (TPSA) is 38.8 Å². The van der Waals surface area contributed by atoms with E-state index >= 15 is 0 Å². The van der Waals surface area contributed by atoms with Crippen LogP contribution >= 0.6 is 0 Å². The molecule has 0 saturated carbocycles. The fourth-order valence-electron chi connectivity index (χ4n) is 4.64. The van der Waals surface area contributed by atoms with E-state index in [9.17, 15) is 4.79 Å². The molecule has 0 N–H and O–H groups in total. The number of ether oxygens (including phenoxy) is 2. The Kier molecular flexibility index (Phi) is 18.4. The van der Waals surface area contributed by atoms with Gasteiger partial charge in [0.25, 0.3) is 0 Å². The van der Waals surface area contributed by atoms with Gasteiger partial charge < -0.3 is 9.47 Å². The van der Waals surface area contributed by atoms with E-state index in [4.69, 9.17) is 9.47 Å². The Morgan fingerprint density at radius 1 is 0.677 bits per heavy atom. The number of carbonyl (C=O) groups is 1. The summed E-state index contributed by atoms with van der Waals surface area (Å²) in [6, 6.07) is 0. The standard InChI is InChI=1S/C28H54O3/c1-4-7-9-10-12-16-21-26-27(31-26)22-17-13-11-14-18-23-28(29)30-24-25(19-6-3)20-15-8-5-2/h25-27H,4-24H2,1-3H3. The molecule has 1 heterocycles. The summed E-state index contributed by atoms with van der Waals surface area (Å²) < 4.78 is 11.4. The van der Waals surface area contributed by atoms with Crippen molar-refractivity contribution >= 4 is 5.97 Å². The Balaban J connectivity index is 1.88. The van der Waals surface area contributed by atoms with Gasteiger partial charge in [0.1, 0.15) is 0 Å². The van der Waals surface area contributed by atoms with E-state index in [1.54, 1.807) is 0 Å². The summed E-state index contributed by atoms with van der Waals surface area (Å²) in [5.74, 6) is 0.579. The molecule has 0 radical (unpaired) electrons. The molecule has 1 saturated heterocycles. The van der Waals surface area contributed by atoms with Crippen molar-refractivity contribution in [1.82, 2.24) is 0 Å². The number of carbonyl (C=O) groups excluding carboxylic acids is 1. The van der Waals surface area contributed by atoms with E-state index in [1.807, 2.05) is 0 Å². The number of hydrogen-bond donors (Lipinski definition) is 0. The molecule has 0 aromatic heterocycles. The number of rotatable bonds is 23. The minimum absolute atomic E-state index is 0.0144. The molecular weight excluding hydrogens is 384 g/mol. The molecule has 3 nitrogen and oxygen atoms in total. The van der Waals surface area contributed by atoms with Crippen molar-refractivity contribution in [2.45, 2.75) is 161 Å². The Morgan fingerprint density at radius 3 is 1.84 bits per heavy atom. The third-order valence-corrected chi connectivity index (χ3v) is 6.79. The molecule has 3 heteroatoms. The maximum absolute atomic E-state index is 12.0. The molecule has 0 aromatic rings. The van der Waals surface area contributed by atoms with Crippen molar-refractivity contribution in [1.29, 1.82) is 0 Å². The molecule has 0 amide bonds. The van der Waals surface area contributed by atoms with E-state index in [0.29, 0.717) is 31.2 Å². The third kappa shape index (κ3) is 16.7. The average Bonchev–Trinajstić information content (AvgIpc) is 3.52. The Bertz CT molecular complexity index is 409. The normalized spacial score (nSPS) is 18.8. The lowest BCUT2D eigenvalue weighted by Gasteiger charge is -2.16. The molecule has 1 aliphatic heterocycles. The van der Waals surface area contributed by atoms with Crippen molar-refractivity contribution in [2.24, 2.45) is 5.92 Å². The summed E-state index contributed by atoms with van der Waals surface area (Å²) in [5, 5.41) is 0. The minimum Gasteiger partial charge on any atom is -0.465 e. The SMILES string of the molecule is CCCCCCCCC1OC1CCCCCCCC(=O)OCC(CCC)CCCCC. The molecular formula is C28H54O3. The third-order valence-electron chi connectivity index (χ3n) is 6.79. The number of esters is 1. The summed E-state index contributed by atoms with van der Waals surface area (Å²) in [6.07, 6.45) is 25.8. The van der Waals surface area contributed by atoms with Gasteiger partial charge in [-0.05, 0) is 38.0 Å². The van der Waals surface area contributed by atoms with Crippen LogP contribution in [0.25, 0.3) is 0 Å². The number of epoxide rings is 1. The first-order valence-corrected chi connectivity index (χ1v) is 14.0. The van der Waals surface area contributed by atoms with Gasteiger partial charge >= 0.3 is 5.97 Å². The van der Waals surface area contributed by atoms with Gasteiger partial charge in [-0.3, -0.25) is 4.79 Å². The van der Waals surface area contributed by atoms with Gasteiger partial charge in [-0.15, -0.1) is 0 Å². The lowest BCUT2D eigenvalue weighted by Crippen LogP contribution is -2.14. The fraction of sp³-hybridized carbons (Fsp3) is 0.964. The Hall–Kier alpha value is -0.570. The monoisotopic (exact) mass is 438 g/mol. The van der Waals surface area contributed by atoms with Gasteiger partial charge in [-0.1, -0.05) is 111 Å². The quantitative estimate of drug-likeness (QED) is 0.0908. The van der Waals surface area contributed by atoms with Crippen LogP contribution in [-0.4, -0.2) is 24.8 Å². The van der Waals surface area contributed by atoms with E-state index in [1.165, 1.54) is 109 Å². The van der Waals surface area contributed by atoms with Crippen LogP contribution in [0.1, 0.15) is 149 Å². The summed E-state index contributed by atoms with van der Waals surface area (Å²) in [7, 11) is 0. The van der Waals surface area contributed by atoms with Gasteiger partial charge in [0.05, 0.1) is 18.8 Å². The second-order valence-electron chi connectivity index (χ2n) is 9.91. The highest BCUT2D eigenvalue weighted by Crippen LogP contribution is 2.31. The highest BCUT2D eigenvalue weighted by molar-refractivity contribution is 5.69. The molecule has 0 aromatic carbocycles. The molecule has 1 rings (SSSR count). The first-order chi connectivity index (χ1) is 15.2. The number of unbranched alkanes of at least 4 members (excludes halogenated alkanes) is 11. The van der Waals surface area contributed by atoms with Crippen molar-refractivity contribution in [3.05, 3.63) is 0 Å². The predicted molar refractivity (Wildman–Crippen MR) is 132 cm³/mol. The zero-order valence-corrected chi connectivity index (χ0v) is 21.3. The minimum atomic E-state index is 0.0144. The number of hydrogen-bond acceptors (Lipinski definition) is 3. The first-order valence-electron chi connectivity index (χ1n) is 14.0. The molecule has 1 aliphatic rings. The maximum atomic E-state index is 12.0. The van der Waals surface area contributed by atoms with E-state index < -0.39 is 0 Å². The Morgan fingerprint density at radius 2 is 1.23 bits per heavy atom. The zero-order chi connectivity index (χ0) is 22.6. The van der Waals surface area contributed by atoms with E-state index in [2.05, 4.69) is 20.8 Å². The highest BCUT2D eigenvalue weighted by atomic mass is 16.6. The summed E-state index contributed by atoms with van der Waals surface area (Å²) >= 11 is 0. The van der Waals surface area contributed by atoms with Crippen LogP contribution in [0.5, 0.6) is 0 Å². The molecule has 184 valence electrons. The van der Waals surface area contributed by atoms with Gasteiger partial charge in [-0.2, -0.15) is 0 Å². The molecule has 1 fully saturated rings. The molecule has 3 unspecified atom stereocenters. The van der Waals surface area contributed by atoms with E-state index in [0.717, 1.165) is 12.8 Å². The van der Waals surface area contributed by atoms with Gasteiger partial charge in [-0.25, -0.2) is 0 Å². The second-order valence-corrected chi connectivity index (χ2v) is 9.91. The Labute approximate surface area is 194 Å². The van der Waals surface area contributed by atoms with Crippen LogP contribution in [0.15, 0.2) is 0 Å². The summed E-state index contributed by atoms with van der Waals surface area (Å²) in [6.45, 7) is 7.37. The van der Waals surface area contributed by atoms with Crippen LogP contribution < -0.4 is 0 Å². The smallest absolute Gasteiger partial charge is 0.305 e. The van der Waals surface area contributed by atoms with Crippen LogP contribution in [0.4, 0.5) is 0 Å². The lowest BCUT2D eigenvalue weighted by molar-refractivity contribution is -0.145. The highest BCUT2D eigenvalue weighted by Gasteiger charge is 2.36. The molecule has 0 aliphatic carbocycles. The maximum Gasteiger partial charge on any atom is 0.305 e. The van der Waals surface area contributed by atoms with Crippen molar-refractivity contribution in [3.8, 4) is 0 Å². The summed E-state index contributed by atoms with van der Waals surface area (Å²) in [5.41, 5.74) is 0. The largest absolute Gasteiger partial charge is 0.465 e. The van der Waals surface area contributed by atoms with Gasteiger partial charge in [0, 0.05) is 6.42 Å². The van der Waals surface area contributed by atoms with Gasteiger partial charge in [0.15, 0.2) is 0 Å². The van der Waals surface area contributed by atoms with Crippen molar-refractivity contribution < 1.29 is 14.3 Å². The molecule has 3 atom stereocenters. The first kappa shape index (κ1) is 28.5. The lowest BCUT2D eigenvalue weighted by atomic mass is 9.97. The predicted octanol–water partition coefficient (Wildman–Crippen LogP) is 8.77. The van der Waals surface area contributed by atoms with Crippen LogP contribution in [-0.2, 0) is 14.3 Å². The molecule has 0 spiro atoms.